The van der Waals surface area contributed by atoms with E-state index in [9.17, 15) is 14.4 Å². The molecule has 0 radical (unpaired) electrons. The molecule has 1 aromatic rings. The molecule has 0 aromatic heterocycles. The van der Waals surface area contributed by atoms with Crippen LogP contribution in [0.25, 0.3) is 0 Å². The molecule has 0 aliphatic heterocycles. The zero-order chi connectivity index (χ0) is 14.4. The Bertz CT molecular complexity index is 501. The predicted octanol–water partition coefficient (Wildman–Crippen LogP) is 0.276. The summed E-state index contributed by atoms with van der Waals surface area (Å²) >= 11 is 0. The van der Waals surface area contributed by atoms with Gasteiger partial charge in [0.25, 0.3) is 5.91 Å². The molecule has 0 aliphatic rings. The summed E-state index contributed by atoms with van der Waals surface area (Å²) in [6, 6.07) is 5.39. The van der Waals surface area contributed by atoms with E-state index in [0.717, 1.165) is 0 Å². The highest BCUT2D eigenvalue weighted by molar-refractivity contribution is 5.95. The largest absolute Gasteiger partial charge is 0.481 e. The lowest BCUT2D eigenvalue weighted by Gasteiger charge is -2.13. The van der Waals surface area contributed by atoms with E-state index in [2.05, 4.69) is 0 Å². The van der Waals surface area contributed by atoms with Crippen LogP contribution in [0.5, 0.6) is 5.75 Å². The number of nitrogens with two attached hydrogens (primary N) is 1. The minimum Gasteiger partial charge on any atom is -0.481 e. The number of hydrogen-bond donors (Lipinski definition) is 3. The van der Waals surface area contributed by atoms with Crippen LogP contribution in [-0.2, 0) is 16.0 Å². The fourth-order valence-electron chi connectivity index (χ4n) is 1.38. The van der Waals surface area contributed by atoms with E-state index in [1.807, 2.05) is 5.32 Å². The van der Waals surface area contributed by atoms with Crippen molar-refractivity contribution in [3.8, 4) is 5.75 Å². The van der Waals surface area contributed by atoms with E-state index in [0.29, 0.717) is 11.3 Å². The Morgan fingerprint density at radius 1 is 1.42 bits per heavy atom. The molecule has 0 aliphatic carbocycles. The van der Waals surface area contributed by atoms with Crippen molar-refractivity contribution < 1.29 is 24.2 Å². The Kier molecular flexibility index (Phi) is 4.87. The molecule has 7 heteroatoms. The van der Waals surface area contributed by atoms with E-state index >= 15 is 0 Å². The summed E-state index contributed by atoms with van der Waals surface area (Å²) in [5, 5.41) is 10.6. The standard InChI is InChI=1S/C12H14N2O5/c1-7(11(17)14-12(13)18)19-9-4-2-3-8(5-9)6-10(15)16/h2-5,7H,6H2,1H3,(H,15,16)(H3,13,14,17,18). The van der Waals surface area contributed by atoms with Gasteiger partial charge in [0.05, 0.1) is 6.42 Å². The third kappa shape index (κ3) is 5.07. The second-order valence-corrected chi connectivity index (χ2v) is 3.83. The minimum absolute atomic E-state index is 0.140. The molecule has 1 unspecified atom stereocenters. The molecular formula is C12H14N2O5. The Morgan fingerprint density at radius 3 is 2.68 bits per heavy atom. The molecule has 102 valence electrons. The number of urea groups is 1. The van der Waals surface area contributed by atoms with Crippen molar-refractivity contribution in [2.45, 2.75) is 19.4 Å². The highest BCUT2D eigenvalue weighted by Crippen LogP contribution is 2.15. The first-order valence-electron chi connectivity index (χ1n) is 5.46. The normalized spacial score (nSPS) is 11.4. The van der Waals surface area contributed by atoms with Crippen LogP contribution in [0.3, 0.4) is 0 Å². The van der Waals surface area contributed by atoms with E-state index in [-0.39, 0.29) is 6.42 Å². The van der Waals surface area contributed by atoms with Crippen LogP contribution in [-0.4, -0.2) is 29.1 Å². The second-order valence-electron chi connectivity index (χ2n) is 3.83. The van der Waals surface area contributed by atoms with Crippen molar-refractivity contribution in [1.82, 2.24) is 5.32 Å². The van der Waals surface area contributed by atoms with Gasteiger partial charge in [-0.15, -0.1) is 0 Å². The van der Waals surface area contributed by atoms with Gasteiger partial charge < -0.3 is 15.6 Å². The van der Waals surface area contributed by atoms with Gasteiger partial charge in [-0.25, -0.2) is 4.79 Å². The second kappa shape index (κ2) is 6.39. The molecule has 0 spiro atoms. The van der Waals surface area contributed by atoms with Gasteiger partial charge in [0, 0.05) is 0 Å². The number of primary amides is 1. The number of carboxylic acids is 1. The first kappa shape index (κ1) is 14.5. The molecule has 0 fully saturated rings. The molecule has 0 saturated heterocycles. The fourth-order valence-corrected chi connectivity index (χ4v) is 1.38. The molecule has 1 rings (SSSR count). The van der Waals surface area contributed by atoms with Crippen molar-refractivity contribution >= 4 is 17.9 Å². The van der Waals surface area contributed by atoms with E-state index in [1.54, 1.807) is 18.2 Å². The molecule has 0 saturated carbocycles. The summed E-state index contributed by atoms with van der Waals surface area (Å²) in [5.74, 6) is -1.29. The van der Waals surface area contributed by atoms with Gasteiger partial charge in [0.15, 0.2) is 6.10 Å². The molecule has 3 amide bonds. The molecule has 0 heterocycles. The summed E-state index contributed by atoms with van der Waals surface area (Å²) in [6.07, 6.45) is -1.06. The Morgan fingerprint density at radius 2 is 2.11 bits per heavy atom. The first-order valence-corrected chi connectivity index (χ1v) is 5.46. The number of carbonyl (C=O) groups excluding carboxylic acids is 2. The molecule has 19 heavy (non-hydrogen) atoms. The van der Waals surface area contributed by atoms with Gasteiger partial charge >= 0.3 is 12.0 Å². The fraction of sp³-hybridized carbons (Fsp3) is 0.250. The Hall–Kier alpha value is -2.57. The van der Waals surface area contributed by atoms with Crippen molar-refractivity contribution in [2.75, 3.05) is 0 Å². The molecule has 0 bridgehead atoms. The number of rotatable bonds is 5. The smallest absolute Gasteiger partial charge is 0.318 e. The van der Waals surface area contributed by atoms with E-state index in [1.165, 1.54) is 13.0 Å². The predicted molar refractivity (Wildman–Crippen MR) is 65.6 cm³/mol. The summed E-state index contributed by atoms with van der Waals surface area (Å²) in [6.45, 7) is 1.45. The molecular weight excluding hydrogens is 252 g/mol. The minimum atomic E-state index is -0.961. The number of imide groups is 1. The van der Waals surface area contributed by atoms with Gasteiger partial charge in [-0.2, -0.15) is 0 Å². The third-order valence-electron chi connectivity index (χ3n) is 2.18. The maximum Gasteiger partial charge on any atom is 0.318 e. The van der Waals surface area contributed by atoms with Crippen LogP contribution in [0.4, 0.5) is 4.79 Å². The average Bonchev–Trinajstić information content (AvgIpc) is 2.27. The van der Waals surface area contributed by atoms with Gasteiger partial charge in [-0.05, 0) is 24.6 Å². The number of aliphatic carboxylic acids is 1. The van der Waals surface area contributed by atoms with Crippen LogP contribution in [0.2, 0.25) is 0 Å². The monoisotopic (exact) mass is 266 g/mol. The summed E-state index contributed by atoms with van der Waals surface area (Å²) in [4.78, 5) is 32.5. The van der Waals surface area contributed by atoms with Crippen LogP contribution < -0.4 is 15.8 Å². The third-order valence-corrected chi connectivity index (χ3v) is 2.18. The van der Waals surface area contributed by atoms with E-state index < -0.39 is 24.0 Å². The van der Waals surface area contributed by atoms with Gasteiger partial charge in [0.1, 0.15) is 5.75 Å². The highest BCUT2D eigenvalue weighted by atomic mass is 16.5. The topological polar surface area (TPSA) is 119 Å². The number of benzene rings is 1. The summed E-state index contributed by atoms with van der Waals surface area (Å²) in [5.41, 5.74) is 5.36. The van der Waals surface area contributed by atoms with Gasteiger partial charge in [-0.1, -0.05) is 12.1 Å². The van der Waals surface area contributed by atoms with Crippen LogP contribution in [0.1, 0.15) is 12.5 Å². The molecule has 7 nitrogen and oxygen atoms in total. The highest BCUT2D eigenvalue weighted by Gasteiger charge is 2.16. The van der Waals surface area contributed by atoms with Crippen LogP contribution in [0.15, 0.2) is 24.3 Å². The lowest BCUT2D eigenvalue weighted by Crippen LogP contribution is -2.42. The molecule has 1 atom stereocenters. The molecule has 1 aromatic carbocycles. The number of hydrogen-bond acceptors (Lipinski definition) is 4. The van der Waals surface area contributed by atoms with Gasteiger partial charge in [0.2, 0.25) is 0 Å². The molecule has 4 N–H and O–H groups in total. The van der Waals surface area contributed by atoms with Crippen molar-refractivity contribution in [1.29, 1.82) is 0 Å². The van der Waals surface area contributed by atoms with Crippen LogP contribution >= 0.6 is 0 Å². The van der Waals surface area contributed by atoms with Crippen molar-refractivity contribution in [3.05, 3.63) is 29.8 Å². The number of carboxylic acid groups (broad SMARTS) is 1. The number of ether oxygens (including phenoxy) is 1. The van der Waals surface area contributed by atoms with E-state index in [4.69, 9.17) is 15.6 Å². The zero-order valence-electron chi connectivity index (χ0n) is 10.3. The maximum absolute atomic E-state index is 11.4. The average molecular weight is 266 g/mol. The number of carbonyl (C=O) groups is 3. The maximum atomic E-state index is 11.4. The van der Waals surface area contributed by atoms with Crippen LogP contribution in [0, 0.1) is 0 Å². The quantitative estimate of drug-likeness (QED) is 0.707. The lowest BCUT2D eigenvalue weighted by atomic mass is 10.1. The zero-order valence-corrected chi connectivity index (χ0v) is 10.3. The van der Waals surface area contributed by atoms with Crippen molar-refractivity contribution in [2.24, 2.45) is 5.73 Å². The first-order chi connectivity index (χ1) is 8.88. The van der Waals surface area contributed by atoms with Crippen molar-refractivity contribution in [3.63, 3.8) is 0 Å². The summed E-state index contributed by atoms with van der Waals surface area (Å²) in [7, 11) is 0. The Labute approximate surface area is 109 Å². The number of amides is 3. The lowest BCUT2D eigenvalue weighted by molar-refractivity contribution is -0.136. The SMILES string of the molecule is CC(Oc1cccc(CC(=O)O)c1)C(=O)NC(N)=O. The summed E-state index contributed by atoms with van der Waals surface area (Å²) < 4.78 is 5.29. The van der Waals surface area contributed by atoms with Gasteiger partial charge in [-0.3, -0.25) is 14.9 Å². The number of nitrogens with one attached hydrogen (secondary N) is 1. The Balaban J connectivity index is 2.68.